The number of pyridine rings is 1. The van der Waals surface area contributed by atoms with Crippen LogP contribution in [0.25, 0.3) is 5.65 Å². The molecule has 0 aliphatic heterocycles. The van der Waals surface area contributed by atoms with Gasteiger partial charge < -0.3 is 5.32 Å². The van der Waals surface area contributed by atoms with Gasteiger partial charge in [0.15, 0.2) is 0 Å². The Kier molecular flexibility index (Phi) is 3.70. The van der Waals surface area contributed by atoms with Gasteiger partial charge in [-0.15, -0.1) is 0 Å². The van der Waals surface area contributed by atoms with Crippen molar-refractivity contribution in [1.82, 2.24) is 9.38 Å². The van der Waals surface area contributed by atoms with E-state index in [4.69, 9.17) is 0 Å². The van der Waals surface area contributed by atoms with Crippen LogP contribution >= 0.6 is 15.9 Å². The Bertz CT molecular complexity index is 863. The summed E-state index contributed by atoms with van der Waals surface area (Å²) in [5.74, 6) is -0.317. The van der Waals surface area contributed by atoms with Crippen molar-refractivity contribution in [3.8, 4) is 0 Å². The van der Waals surface area contributed by atoms with E-state index in [-0.39, 0.29) is 11.4 Å². The number of hydrogen-bond acceptors (Lipinski definition) is 3. The Morgan fingerprint density at radius 1 is 1.24 bits per heavy atom. The van der Waals surface area contributed by atoms with Crippen LogP contribution in [-0.4, -0.2) is 9.38 Å². The SMILES string of the molecule is O=c1cc(CNc2ccc(F)c(Br)c2)nc2ccccn12. The summed E-state index contributed by atoms with van der Waals surface area (Å²) in [7, 11) is 0. The molecule has 0 atom stereocenters. The van der Waals surface area contributed by atoms with Gasteiger partial charge in [-0.05, 0) is 46.3 Å². The van der Waals surface area contributed by atoms with E-state index < -0.39 is 0 Å². The third-order valence-corrected chi connectivity index (χ3v) is 3.62. The van der Waals surface area contributed by atoms with E-state index in [9.17, 15) is 9.18 Å². The molecule has 0 aliphatic carbocycles. The van der Waals surface area contributed by atoms with Crippen molar-refractivity contribution in [2.24, 2.45) is 0 Å². The molecule has 3 rings (SSSR count). The van der Waals surface area contributed by atoms with Crippen LogP contribution in [-0.2, 0) is 6.54 Å². The number of anilines is 1. The summed E-state index contributed by atoms with van der Waals surface area (Å²) in [5.41, 5.74) is 1.85. The first-order valence-electron chi connectivity index (χ1n) is 6.30. The minimum Gasteiger partial charge on any atom is -0.379 e. The zero-order chi connectivity index (χ0) is 14.8. The summed E-state index contributed by atoms with van der Waals surface area (Å²) < 4.78 is 15.0. The summed E-state index contributed by atoms with van der Waals surface area (Å²) in [4.78, 5) is 16.4. The van der Waals surface area contributed by atoms with E-state index in [0.29, 0.717) is 22.4 Å². The van der Waals surface area contributed by atoms with Crippen molar-refractivity contribution < 1.29 is 4.39 Å². The van der Waals surface area contributed by atoms with Gasteiger partial charge in [0.2, 0.25) is 0 Å². The lowest BCUT2D eigenvalue weighted by Crippen LogP contribution is -2.16. The topological polar surface area (TPSA) is 46.4 Å². The molecule has 106 valence electrons. The molecule has 2 aromatic heterocycles. The summed E-state index contributed by atoms with van der Waals surface area (Å²) >= 11 is 3.13. The highest BCUT2D eigenvalue weighted by atomic mass is 79.9. The molecular weight excluding hydrogens is 337 g/mol. The van der Waals surface area contributed by atoms with Gasteiger partial charge in [-0.1, -0.05) is 6.07 Å². The standard InChI is InChI=1S/C15H11BrFN3O/c16-12-7-10(4-5-13(12)17)18-9-11-8-15(21)20-6-2-1-3-14(20)19-11/h1-8,18H,9H2. The van der Waals surface area contributed by atoms with Crippen molar-refractivity contribution in [1.29, 1.82) is 0 Å². The lowest BCUT2D eigenvalue weighted by Gasteiger charge is -2.08. The van der Waals surface area contributed by atoms with Gasteiger partial charge in [0.1, 0.15) is 11.5 Å². The summed E-state index contributed by atoms with van der Waals surface area (Å²) in [5, 5.41) is 3.11. The van der Waals surface area contributed by atoms with Crippen molar-refractivity contribution >= 4 is 27.3 Å². The maximum absolute atomic E-state index is 13.2. The van der Waals surface area contributed by atoms with E-state index >= 15 is 0 Å². The number of hydrogen-bond donors (Lipinski definition) is 1. The fourth-order valence-electron chi connectivity index (χ4n) is 1.99. The Balaban J connectivity index is 1.85. The largest absolute Gasteiger partial charge is 0.379 e. The smallest absolute Gasteiger partial charge is 0.258 e. The summed E-state index contributed by atoms with van der Waals surface area (Å²) in [6.07, 6.45) is 1.68. The molecular formula is C15H11BrFN3O. The lowest BCUT2D eigenvalue weighted by molar-refractivity contribution is 0.621. The summed E-state index contributed by atoms with van der Waals surface area (Å²) in [6.45, 7) is 0.388. The molecule has 1 aromatic carbocycles. The molecule has 0 amide bonds. The van der Waals surface area contributed by atoms with E-state index in [1.165, 1.54) is 16.5 Å². The van der Waals surface area contributed by atoms with Gasteiger partial charge in [-0.3, -0.25) is 9.20 Å². The first-order valence-corrected chi connectivity index (χ1v) is 7.09. The van der Waals surface area contributed by atoms with E-state index in [1.54, 1.807) is 30.5 Å². The molecule has 0 fully saturated rings. The molecule has 3 aromatic rings. The second kappa shape index (κ2) is 5.65. The monoisotopic (exact) mass is 347 g/mol. The highest BCUT2D eigenvalue weighted by molar-refractivity contribution is 9.10. The van der Waals surface area contributed by atoms with Gasteiger partial charge in [-0.25, -0.2) is 9.37 Å². The van der Waals surface area contributed by atoms with Crippen LogP contribution < -0.4 is 10.9 Å². The number of benzene rings is 1. The average Bonchev–Trinajstić information content (AvgIpc) is 2.49. The Labute approximate surface area is 128 Å². The van der Waals surface area contributed by atoms with Crippen LogP contribution in [0.15, 0.2) is 57.9 Å². The Morgan fingerprint density at radius 2 is 2.10 bits per heavy atom. The number of nitrogens with zero attached hydrogens (tertiary/aromatic N) is 2. The molecule has 0 aliphatic rings. The molecule has 2 heterocycles. The molecule has 21 heavy (non-hydrogen) atoms. The Hall–Kier alpha value is -2.21. The van der Waals surface area contributed by atoms with Crippen molar-refractivity contribution in [2.75, 3.05) is 5.32 Å². The average molecular weight is 348 g/mol. The van der Waals surface area contributed by atoms with Crippen LogP contribution in [0.2, 0.25) is 0 Å². The zero-order valence-corrected chi connectivity index (χ0v) is 12.5. The second-order valence-corrected chi connectivity index (χ2v) is 5.35. The highest BCUT2D eigenvalue weighted by Crippen LogP contribution is 2.20. The summed E-state index contributed by atoms with van der Waals surface area (Å²) in [6, 6.07) is 11.5. The lowest BCUT2D eigenvalue weighted by atomic mass is 10.3. The molecule has 0 unspecified atom stereocenters. The first-order chi connectivity index (χ1) is 10.1. The molecule has 0 spiro atoms. The molecule has 6 heteroatoms. The normalized spacial score (nSPS) is 10.8. The van der Waals surface area contributed by atoms with Crippen LogP contribution in [0, 0.1) is 5.82 Å². The number of aromatic nitrogens is 2. The van der Waals surface area contributed by atoms with E-state index in [1.807, 2.05) is 6.07 Å². The highest BCUT2D eigenvalue weighted by Gasteiger charge is 2.03. The number of rotatable bonds is 3. The van der Waals surface area contributed by atoms with Crippen molar-refractivity contribution in [2.45, 2.75) is 6.54 Å². The fourth-order valence-corrected chi connectivity index (χ4v) is 2.37. The fraction of sp³-hybridized carbons (Fsp3) is 0.0667. The number of nitrogens with one attached hydrogen (secondary N) is 1. The zero-order valence-electron chi connectivity index (χ0n) is 10.9. The van der Waals surface area contributed by atoms with E-state index in [0.717, 1.165) is 5.69 Å². The molecule has 4 nitrogen and oxygen atoms in total. The molecule has 0 saturated carbocycles. The Morgan fingerprint density at radius 3 is 2.90 bits per heavy atom. The minimum atomic E-state index is -0.317. The molecule has 0 bridgehead atoms. The van der Waals surface area contributed by atoms with Gasteiger partial charge in [0.25, 0.3) is 5.56 Å². The molecule has 1 N–H and O–H groups in total. The number of halogens is 2. The van der Waals surface area contributed by atoms with Crippen LogP contribution in [0.4, 0.5) is 10.1 Å². The third kappa shape index (κ3) is 2.95. The first kappa shape index (κ1) is 13.8. The van der Waals surface area contributed by atoms with Gasteiger partial charge in [-0.2, -0.15) is 0 Å². The number of fused-ring (bicyclic) bond motifs is 1. The van der Waals surface area contributed by atoms with Crippen LogP contribution in [0.1, 0.15) is 5.69 Å². The third-order valence-electron chi connectivity index (χ3n) is 3.02. The van der Waals surface area contributed by atoms with Crippen molar-refractivity contribution in [3.05, 3.63) is 75.0 Å². The van der Waals surface area contributed by atoms with Gasteiger partial charge in [0.05, 0.1) is 16.7 Å². The molecule has 0 radical (unpaired) electrons. The quantitative estimate of drug-likeness (QED) is 0.791. The van der Waals surface area contributed by atoms with Crippen LogP contribution in [0.3, 0.4) is 0 Å². The predicted molar refractivity (Wildman–Crippen MR) is 82.9 cm³/mol. The minimum absolute atomic E-state index is 0.127. The predicted octanol–water partition coefficient (Wildman–Crippen LogP) is 3.21. The molecule has 0 saturated heterocycles. The maximum Gasteiger partial charge on any atom is 0.258 e. The maximum atomic E-state index is 13.2. The van der Waals surface area contributed by atoms with Crippen LogP contribution in [0.5, 0.6) is 0 Å². The van der Waals surface area contributed by atoms with Gasteiger partial charge in [0, 0.05) is 18.0 Å². The van der Waals surface area contributed by atoms with E-state index in [2.05, 4.69) is 26.2 Å². The second-order valence-electron chi connectivity index (χ2n) is 4.50. The van der Waals surface area contributed by atoms with Gasteiger partial charge >= 0.3 is 0 Å². The van der Waals surface area contributed by atoms with Crippen molar-refractivity contribution in [3.63, 3.8) is 0 Å².